The Morgan fingerprint density at radius 1 is 1.25 bits per heavy atom. The summed E-state index contributed by atoms with van der Waals surface area (Å²) >= 11 is 3.36. The van der Waals surface area contributed by atoms with E-state index in [1.165, 1.54) is 12.3 Å². The van der Waals surface area contributed by atoms with Crippen molar-refractivity contribution in [2.75, 3.05) is 0 Å². The van der Waals surface area contributed by atoms with E-state index in [1.807, 2.05) is 25.1 Å². The molecule has 0 amide bonds. The molecular formula is C12H9BrFNO. The zero-order valence-corrected chi connectivity index (χ0v) is 10.2. The highest BCUT2D eigenvalue weighted by Gasteiger charge is 2.03. The van der Waals surface area contributed by atoms with E-state index >= 15 is 0 Å². The normalized spacial score (nSPS) is 10.2. The fraction of sp³-hybridized carbons (Fsp3) is 0.0833. The Bertz CT molecular complexity index is 516. The van der Waals surface area contributed by atoms with E-state index in [1.54, 1.807) is 6.07 Å². The summed E-state index contributed by atoms with van der Waals surface area (Å²) in [7, 11) is 0. The lowest BCUT2D eigenvalue weighted by Crippen LogP contribution is -1.89. The van der Waals surface area contributed by atoms with Crippen LogP contribution < -0.4 is 4.74 Å². The van der Waals surface area contributed by atoms with E-state index in [2.05, 4.69) is 20.9 Å². The number of nitrogens with zero attached hydrogens (tertiary/aromatic N) is 1. The minimum absolute atomic E-state index is 0.439. The van der Waals surface area contributed by atoms with E-state index < -0.39 is 5.95 Å². The molecule has 0 atom stereocenters. The molecule has 16 heavy (non-hydrogen) atoms. The van der Waals surface area contributed by atoms with Gasteiger partial charge in [0.1, 0.15) is 11.5 Å². The molecule has 1 aromatic carbocycles. The van der Waals surface area contributed by atoms with Crippen LogP contribution in [0.5, 0.6) is 11.5 Å². The van der Waals surface area contributed by atoms with Gasteiger partial charge in [-0.25, -0.2) is 4.98 Å². The predicted octanol–water partition coefficient (Wildman–Crippen LogP) is 4.08. The molecule has 0 saturated heterocycles. The maximum Gasteiger partial charge on any atom is 0.216 e. The molecule has 0 radical (unpaired) electrons. The van der Waals surface area contributed by atoms with Crippen molar-refractivity contribution < 1.29 is 9.13 Å². The fourth-order valence-corrected chi connectivity index (χ4v) is 1.60. The van der Waals surface area contributed by atoms with Crippen molar-refractivity contribution in [3.05, 3.63) is 52.5 Å². The first-order chi connectivity index (χ1) is 7.65. The summed E-state index contributed by atoms with van der Waals surface area (Å²) in [5.74, 6) is 0.582. The van der Waals surface area contributed by atoms with Crippen molar-refractivity contribution in [3.8, 4) is 11.5 Å². The summed E-state index contributed by atoms with van der Waals surface area (Å²) in [6.07, 6.45) is 1.37. The molecular weight excluding hydrogens is 273 g/mol. The van der Waals surface area contributed by atoms with Crippen molar-refractivity contribution >= 4 is 15.9 Å². The van der Waals surface area contributed by atoms with Crippen LogP contribution in [0.1, 0.15) is 5.56 Å². The minimum atomic E-state index is -0.551. The van der Waals surface area contributed by atoms with Crippen LogP contribution in [0.15, 0.2) is 41.0 Å². The first-order valence-corrected chi connectivity index (χ1v) is 5.50. The van der Waals surface area contributed by atoms with E-state index in [-0.39, 0.29) is 0 Å². The molecule has 82 valence electrons. The second-order valence-corrected chi connectivity index (χ2v) is 4.24. The second-order valence-electron chi connectivity index (χ2n) is 3.33. The molecule has 1 aromatic heterocycles. The van der Waals surface area contributed by atoms with Crippen molar-refractivity contribution in [1.82, 2.24) is 4.98 Å². The van der Waals surface area contributed by atoms with Crippen LogP contribution in [0.2, 0.25) is 0 Å². The van der Waals surface area contributed by atoms with Gasteiger partial charge >= 0.3 is 0 Å². The average Bonchev–Trinajstić information content (AvgIpc) is 2.24. The van der Waals surface area contributed by atoms with Gasteiger partial charge < -0.3 is 4.74 Å². The zero-order valence-electron chi connectivity index (χ0n) is 8.58. The lowest BCUT2D eigenvalue weighted by Gasteiger charge is -2.08. The Kier molecular flexibility index (Phi) is 3.19. The quantitative estimate of drug-likeness (QED) is 0.774. The van der Waals surface area contributed by atoms with E-state index in [9.17, 15) is 4.39 Å². The zero-order chi connectivity index (χ0) is 11.5. The largest absolute Gasteiger partial charge is 0.457 e. The summed E-state index contributed by atoms with van der Waals surface area (Å²) in [5, 5.41) is 0. The highest BCUT2D eigenvalue weighted by molar-refractivity contribution is 9.10. The number of hydrogen-bond acceptors (Lipinski definition) is 2. The van der Waals surface area contributed by atoms with Gasteiger partial charge in [-0.3, -0.25) is 0 Å². The van der Waals surface area contributed by atoms with Crippen molar-refractivity contribution in [2.45, 2.75) is 6.92 Å². The monoisotopic (exact) mass is 281 g/mol. The summed E-state index contributed by atoms with van der Waals surface area (Å²) in [6, 6.07) is 8.56. The molecule has 0 aliphatic heterocycles. The Balaban J connectivity index is 2.30. The summed E-state index contributed by atoms with van der Waals surface area (Å²) in [6.45, 7) is 1.93. The van der Waals surface area contributed by atoms with Gasteiger partial charge in [-0.1, -0.05) is 22.0 Å². The van der Waals surface area contributed by atoms with Crippen molar-refractivity contribution in [1.29, 1.82) is 0 Å². The molecule has 0 aliphatic carbocycles. The van der Waals surface area contributed by atoms with Gasteiger partial charge in [0.15, 0.2) is 0 Å². The lowest BCUT2D eigenvalue weighted by atomic mass is 10.2. The second kappa shape index (κ2) is 4.61. The standard InChI is InChI=1S/C12H9BrFNO/c1-8-2-3-9(13)6-11(8)16-10-4-5-15-12(14)7-10/h2-7H,1H3. The summed E-state index contributed by atoms with van der Waals surface area (Å²) in [5.41, 5.74) is 0.987. The summed E-state index contributed by atoms with van der Waals surface area (Å²) < 4.78 is 19.3. The molecule has 4 heteroatoms. The molecule has 0 unspecified atom stereocenters. The van der Waals surface area contributed by atoms with Gasteiger partial charge in [0.2, 0.25) is 5.95 Å². The Labute approximate surface area is 101 Å². The first kappa shape index (κ1) is 11.1. The van der Waals surface area contributed by atoms with Gasteiger partial charge in [0.25, 0.3) is 0 Å². The SMILES string of the molecule is Cc1ccc(Br)cc1Oc1ccnc(F)c1. The predicted molar refractivity (Wildman–Crippen MR) is 63.1 cm³/mol. The molecule has 0 aliphatic rings. The fourth-order valence-electron chi connectivity index (χ4n) is 1.26. The number of aromatic nitrogens is 1. The maximum absolute atomic E-state index is 12.8. The van der Waals surface area contributed by atoms with Crippen LogP contribution in [0.3, 0.4) is 0 Å². The third kappa shape index (κ3) is 2.58. The number of ether oxygens (including phenoxy) is 1. The highest BCUT2D eigenvalue weighted by Crippen LogP contribution is 2.27. The Hall–Kier alpha value is -1.42. The van der Waals surface area contributed by atoms with Gasteiger partial charge in [-0.05, 0) is 30.7 Å². The number of benzene rings is 1. The minimum Gasteiger partial charge on any atom is -0.457 e. The van der Waals surface area contributed by atoms with E-state index in [4.69, 9.17) is 4.74 Å². The number of rotatable bonds is 2. The van der Waals surface area contributed by atoms with E-state index in [0.717, 1.165) is 10.0 Å². The maximum atomic E-state index is 12.8. The molecule has 0 saturated carbocycles. The van der Waals surface area contributed by atoms with Crippen LogP contribution in [-0.2, 0) is 0 Å². The van der Waals surface area contributed by atoms with Crippen LogP contribution >= 0.6 is 15.9 Å². The van der Waals surface area contributed by atoms with Gasteiger partial charge in [-0.2, -0.15) is 4.39 Å². The number of aryl methyl sites for hydroxylation is 1. The van der Waals surface area contributed by atoms with E-state index in [0.29, 0.717) is 11.5 Å². The molecule has 1 heterocycles. The van der Waals surface area contributed by atoms with Crippen LogP contribution in [0, 0.1) is 12.9 Å². The third-order valence-corrected chi connectivity index (χ3v) is 2.57. The Morgan fingerprint density at radius 3 is 2.81 bits per heavy atom. The number of hydrogen-bond donors (Lipinski definition) is 0. The number of pyridine rings is 1. The smallest absolute Gasteiger partial charge is 0.216 e. The molecule has 2 nitrogen and oxygen atoms in total. The first-order valence-electron chi connectivity index (χ1n) is 4.71. The van der Waals surface area contributed by atoms with Crippen molar-refractivity contribution in [2.24, 2.45) is 0 Å². The lowest BCUT2D eigenvalue weighted by molar-refractivity contribution is 0.468. The topological polar surface area (TPSA) is 22.1 Å². The average molecular weight is 282 g/mol. The molecule has 0 bridgehead atoms. The van der Waals surface area contributed by atoms with Crippen LogP contribution in [0.4, 0.5) is 4.39 Å². The molecule has 0 fully saturated rings. The van der Waals surface area contributed by atoms with Gasteiger partial charge in [-0.15, -0.1) is 0 Å². The van der Waals surface area contributed by atoms with Crippen LogP contribution in [-0.4, -0.2) is 4.98 Å². The third-order valence-electron chi connectivity index (χ3n) is 2.08. The van der Waals surface area contributed by atoms with Gasteiger partial charge in [0, 0.05) is 16.7 Å². The molecule has 0 spiro atoms. The highest BCUT2D eigenvalue weighted by atomic mass is 79.9. The van der Waals surface area contributed by atoms with Crippen LogP contribution in [0.25, 0.3) is 0 Å². The van der Waals surface area contributed by atoms with Gasteiger partial charge in [0.05, 0.1) is 0 Å². The summed E-state index contributed by atoms with van der Waals surface area (Å²) in [4.78, 5) is 3.47. The molecule has 0 N–H and O–H groups in total. The van der Waals surface area contributed by atoms with Crippen molar-refractivity contribution in [3.63, 3.8) is 0 Å². The Morgan fingerprint density at radius 2 is 2.06 bits per heavy atom. The molecule has 2 rings (SSSR count). The molecule has 2 aromatic rings. The number of halogens is 2.